The number of thiazole rings is 1. The number of ether oxygens (including phenoxy) is 1. The second-order valence-electron chi connectivity index (χ2n) is 3.62. The van der Waals surface area contributed by atoms with Crippen LogP contribution in [-0.4, -0.2) is 21.6 Å². The minimum absolute atomic E-state index is 0.424. The smallest absolute Gasteiger partial charge is 0.242 e. The Kier molecular flexibility index (Phi) is 4.30. The van der Waals surface area contributed by atoms with Crippen LogP contribution in [-0.2, 0) is 6.54 Å². The van der Waals surface area contributed by atoms with Gasteiger partial charge in [0.05, 0.1) is 24.4 Å². The average Bonchev–Trinajstić information content (AvgIpc) is 2.89. The van der Waals surface area contributed by atoms with Gasteiger partial charge in [0.25, 0.3) is 0 Å². The quantitative estimate of drug-likeness (QED) is 0.829. The van der Waals surface area contributed by atoms with Gasteiger partial charge in [-0.25, -0.2) is 9.97 Å². The Balaban J connectivity index is 2.03. The van der Waals surface area contributed by atoms with Gasteiger partial charge in [-0.2, -0.15) is 4.98 Å². The van der Waals surface area contributed by atoms with Gasteiger partial charge in [0.2, 0.25) is 5.88 Å². The highest BCUT2D eigenvalue weighted by atomic mass is 32.1. The lowest BCUT2D eigenvalue weighted by Gasteiger charge is -2.10. The summed E-state index contributed by atoms with van der Waals surface area (Å²) >= 11 is 1.55. The van der Waals surface area contributed by atoms with Crippen LogP contribution in [0.3, 0.4) is 0 Å². The third-order valence-electron chi connectivity index (χ3n) is 2.21. The molecule has 0 aliphatic heterocycles. The van der Waals surface area contributed by atoms with Crippen LogP contribution in [0.25, 0.3) is 0 Å². The number of hydrogen-bond donors (Lipinski definition) is 2. The van der Waals surface area contributed by atoms with Crippen LogP contribution in [0.5, 0.6) is 5.88 Å². The summed E-state index contributed by atoms with van der Waals surface area (Å²) in [6, 6.07) is 0. The van der Waals surface area contributed by atoms with E-state index >= 15 is 0 Å². The molecule has 2 aromatic rings. The zero-order valence-electron chi connectivity index (χ0n) is 10.1. The van der Waals surface area contributed by atoms with Crippen LogP contribution in [0.15, 0.2) is 17.2 Å². The molecule has 0 atom stereocenters. The lowest BCUT2D eigenvalue weighted by Crippen LogP contribution is -2.08. The summed E-state index contributed by atoms with van der Waals surface area (Å²) in [5, 5.41) is 5.09. The first-order chi connectivity index (χ1) is 8.81. The monoisotopic (exact) mass is 265 g/mol. The Hall–Kier alpha value is -1.89. The summed E-state index contributed by atoms with van der Waals surface area (Å²) in [6.07, 6.45) is 2.34. The van der Waals surface area contributed by atoms with Crippen LogP contribution in [0, 0.1) is 0 Å². The average molecular weight is 265 g/mol. The molecule has 0 aromatic carbocycles. The minimum Gasteiger partial charge on any atom is -0.476 e. The molecule has 0 amide bonds. The third kappa shape index (κ3) is 3.07. The Labute approximate surface area is 109 Å². The first-order valence-electron chi connectivity index (χ1n) is 5.65. The Morgan fingerprint density at radius 3 is 3.00 bits per heavy atom. The highest BCUT2D eigenvalue weighted by molar-refractivity contribution is 7.07. The summed E-state index contributed by atoms with van der Waals surface area (Å²) in [5.41, 5.74) is 9.11. The predicted molar refractivity (Wildman–Crippen MR) is 71.7 cm³/mol. The van der Waals surface area contributed by atoms with Crippen LogP contribution >= 0.6 is 11.3 Å². The van der Waals surface area contributed by atoms with Gasteiger partial charge in [-0.1, -0.05) is 6.92 Å². The second-order valence-corrected chi connectivity index (χ2v) is 4.34. The molecule has 2 rings (SSSR count). The van der Waals surface area contributed by atoms with Gasteiger partial charge in [-0.3, -0.25) is 0 Å². The molecule has 6 nitrogen and oxygen atoms in total. The van der Waals surface area contributed by atoms with Crippen LogP contribution in [0.4, 0.5) is 11.5 Å². The number of rotatable bonds is 6. The van der Waals surface area contributed by atoms with Gasteiger partial charge in [0.15, 0.2) is 5.82 Å². The maximum absolute atomic E-state index is 5.93. The SMILES string of the molecule is CCCOc1ncnc(NCc2cscn2)c1N. The Morgan fingerprint density at radius 1 is 1.39 bits per heavy atom. The van der Waals surface area contributed by atoms with Gasteiger partial charge in [0, 0.05) is 5.38 Å². The lowest BCUT2D eigenvalue weighted by atomic mass is 10.4. The molecule has 0 aliphatic rings. The number of anilines is 2. The van der Waals surface area contributed by atoms with Crippen LogP contribution in [0.1, 0.15) is 19.0 Å². The molecule has 3 N–H and O–H groups in total. The number of nitrogens with one attached hydrogen (secondary N) is 1. The Morgan fingerprint density at radius 2 is 2.28 bits per heavy atom. The minimum atomic E-state index is 0.424. The number of aromatic nitrogens is 3. The van der Waals surface area contributed by atoms with Crippen LogP contribution in [0.2, 0.25) is 0 Å². The van der Waals surface area contributed by atoms with E-state index in [0.29, 0.717) is 30.5 Å². The molecule has 0 spiro atoms. The lowest BCUT2D eigenvalue weighted by molar-refractivity contribution is 0.306. The topological polar surface area (TPSA) is 86.0 Å². The molecule has 7 heteroatoms. The molecule has 0 unspecified atom stereocenters. The maximum atomic E-state index is 5.93. The highest BCUT2D eigenvalue weighted by Gasteiger charge is 2.08. The van der Waals surface area contributed by atoms with Gasteiger partial charge in [-0.05, 0) is 6.42 Å². The van der Waals surface area contributed by atoms with Crippen molar-refractivity contribution in [2.24, 2.45) is 0 Å². The van der Waals surface area contributed by atoms with Crippen molar-refractivity contribution >= 4 is 22.8 Å². The fourth-order valence-electron chi connectivity index (χ4n) is 1.33. The van der Waals surface area contributed by atoms with E-state index in [2.05, 4.69) is 20.3 Å². The van der Waals surface area contributed by atoms with E-state index in [9.17, 15) is 0 Å². The van der Waals surface area contributed by atoms with Crippen LogP contribution < -0.4 is 15.8 Å². The van der Waals surface area contributed by atoms with Crippen molar-refractivity contribution in [3.05, 3.63) is 22.9 Å². The molecular formula is C11H15N5OS. The second kappa shape index (κ2) is 6.15. The summed E-state index contributed by atoms with van der Waals surface area (Å²) in [7, 11) is 0. The summed E-state index contributed by atoms with van der Waals surface area (Å²) in [5.74, 6) is 0.997. The molecule has 2 aromatic heterocycles. The van der Waals surface area contributed by atoms with E-state index in [0.717, 1.165) is 12.1 Å². The molecule has 0 saturated heterocycles. The number of nitrogens with two attached hydrogens (primary N) is 1. The summed E-state index contributed by atoms with van der Waals surface area (Å²) in [4.78, 5) is 12.3. The van der Waals surface area contributed by atoms with E-state index in [-0.39, 0.29) is 0 Å². The standard InChI is InChI=1S/C11H15N5OS/c1-2-3-17-11-9(12)10(14-6-15-11)13-4-8-5-18-7-16-8/h5-7H,2-4,12H2,1H3,(H,13,14,15). The maximum Gasteiger partial charge on any atom is 0.242 e. The van der Waals surface area contributed by atoms with Crippen molar-refractivity contribution in [3.8, 4) is 5.88 Å². The van der Waals surface area contributed by atoms with Gasteiger partial charge >= 0.3 is 0 Å². The summed E-state index contributed by atoms with van der Waals surface area (Å²) in [6.45, 7) is 3.20. The molecule has 0 aliphatic carbocycles. The molecule has 0 saturated carbocycles. The predicted octanol–water partition coefficient (Wildman–Crippen LogP) is 1.92. The van der Waals surface area contributed by atoms with Crippen molar-refractivity contribution in [3.63, 3.8) is 0 Å². The van der Waals surface area contributed by atoms with E-state index < -0.39 is 0 Å². The number of hydrogen-bond acceptors (Lipinski definition) is 7. The fourth-order valence-corrected chi connectivity index (χ4v) is 1.89. The normalized spacial score (nSPS) is 10.3. The zero-order chi connectivity index (χ0) is 12.8. The van der Waals surface area contributed by atoms with Crippen molar-refractivity contribution in [1.82, 2.24) is 15.0 Å². The largest absolute Gasteiger partial charge is 0.476 e. The highest BCUT2D eigenvalue weighted by Crippen LogP contribution is 2.24. The van der Waals surface area contributed by atoms with Gasteiger partial charge < -0.3 is 15.8 Å². The first kappa shape index (κ1) is 12.6. The van der Waals surface area contributed by atoms with Crippen molar-refractivity contribution in [2.75, 3.05) is 17.7 Å². The molecule has 0 radical (unpaired) electrons. The molecule has 2 heterocycles. The van der Waals surface area contributed by atoms with E-state index in [1.165, 1.54) is 6.33 Å². The number of nitrogens with zero attached hydrogens (tertiary/aromatic N) is 3. The molecule has 0 bridgehead atoms. The molecule has 0 fully saturated rings. The Bertz CT molecular complexity index is 488. The van der Waals surface area contributed by atoms with E-state index in [1.54, 1.807) is 16.8 Å². The first-order valence-corrected chi connectivity index (χ1v) is 6.59. The fraction of sp³-hybridized carbons (Fsp3) is 0.364. The van der Waals surface area contributed by atoms with Gasteiger partial charge in [-0.15, -0.1) is 11.3 Å². The van der Waals surface area contributed by atoms with Crippen molar-refractivity contribution < 1.29 is 4.74 Å². The van der Waals surface area contributed by atoms with E-state index in [1.807, 2.05) is 12.3 Å². The molecule has 18 heavy (non-hydrogen) atoms. The molecule has 96 valence electrons. The van der Waals surface area contributed by atoms with Crippen molar-refractivity contribution in [2.45, 2.75) is 19.9 Å². The molecular weight excluding hydrogens is 250 g/mol. The number of nitrogen functional groups attached to an aromatic ring is 1. The third-order valence-corrected chi connectivity index (χ3v) is 2.85. The summed E-state index contributed by atoms with van der Waals surface area (Å²) < 4.78 is 5.43. The van der Waals surface area contributed by atoms with Gasteiger partial charge in [0.1, 0.15) is 12.0 Å². The zero-order valence-corrected chi connectivity index (χ0v) is 10.9. The van der Waals surface area contributed by atoms with Crippen molar-refractivity contribution in [1.29, 1.82) is 0 Å². The van der Waals surface area contributed by atoms with E-state index in [4.69, 9.17) is 10.5 Å².